The van der Waals surface area contributed by atoms with E-state index < -0.39 is 12.0 Å². The summed E-state index contributed by atoms with van der Waals surface area (Å²) >= 11 is 0. The molecule has 0 radical (unpaired) electrons. The number of benzene rings is 2. The first-order valence-electron chi connectivity index (χ1n) is 8.57. The minimum atomic E-state index is -0.774. The molecule has 0 aliphatic rings. The van der Waals surface area contributed by atoms with Crippen molar-refractivity contribution in [1.82, 2.24) is 0 Å². The van der Waals surface area contributed by atoms with Gasteiger partial charge in [0.1, 0.15) is 6.04 Å². The van der Waals surface area contributed by atoms with E-state index in [1.165, 1.54) is 7.11 Å². The normalized spacial score (nSPS) is 11.3. The van der Waals surface area contributed by atoms with Crippen LogP contribution in [0.15, 0.2) is 65.7 Å². The van der Waals surface area contributed by atoms with E-state index >= 15 is 0 Å². The zero-order valence-corrected chi connectivity index (χ0v) is 15.1. The third-order valence-electron chi connectivity index (χ3n) is 3.79. The maximum Gasteiger partial charge on any atom is 0.330 e. The molecule has 0 saturated heterocycles. The highest BCUT2D eigenvalue weighted by molar-refractivity contribution is 6.13. The molecule has 0 unspecified atom stereocenters. The summed E-state index contributed by atoms with van der Waals surface area (Å²) in [5, 5.41) is 0. The van der Waals surface area contributed by atoms with Gasteiger partial charge in [0.2, 0.25) is 0 Å². The fourth-order valence-electron chi connectivity index (χ4n) is 2.49. The van der Waals surface area contributed by atoms with Gasteiger partial charge in [0.15, 0.2) is 0 Å². The number of ether oxygens (including phenoxy) is 2. The van der Waals surface area contributed by atoms with E-state index in [1.54, 1.807) is 6.92 Å². The SMILES string of the molecule is CCOC(=O)[C@@H](CCC(=O)OC)N=C(c1ccccc1)c1ccccc1. The molecule has 2 aromatic rings. The summed E-state index contributed by atoms with van der Waals surface area (Å²) in [6.07, 6.45) is 0.328. The molecule has 0 bridgehead atoms. The fourth-order valence-corrected chi connectivity index (χ4v) is 2.49. The third kappa shape index (κ3) is 5.55. The lowest BCUT2D eigenvalue weighted by Crippen LogP contribution is -2.25. The summed E-state index contributed by atoms with van der Waals surface area (Å²) < 4.78 is 9.82. The van der Waals surface area contributed by atoms with Crippen molar-refractivity contribution in [1.29, 1.82) is 0 Å². The lowest BCUT2D eigenvalue weighted by molar-refractivity contribution is -0.145. The van der Waals surface area contributed by atoms with Gasteiger partial charge in [-0.1, -0.05) is 60.7 Å². The molecular weight excluding hydrogens is 330 g/mol. The number of aliphatic imine (C=N–C) groups is 1. The number of hydrogen-bond donors (Lipinski definition) is 0. The van der Waals surface area contributed by atoms with Gasteiger partial charge in [-0.25, -0.2) is 4.79 Å². The molecule has 26 heavy (non-hydrogen) atoms. The lowest BCUT2D eigenvalue weighted by atomic mass is 10.0. The van der Waals surface area contributed by atoms with Crippen LogP contribution in [0, 0.1) is 0 Å². The van der Waals surface area contributed by atoms with Crippen molar-refractivity contribution in [3.8, 4) is 0 Å². The Labute approximate surface area is 153 Å². The van der Waals surface area contributed by atoms with Crippen LogP contribution < -0.4 is 0 Å². The molecule has 5 nitrogen and oxygen atoms in total. The highest BCUT2D eigenvalue weighted by Crippen LogP contribution is 2.15. The topological polar surface area (TPSA) is 65.0 Å². The van der Waals surface area contributed by atoms with Crippen LogP contribution in [0.25, 0.3) is 0 Å². The van der Waals surface area contributed by atoms with Crippen molar-refractivity contribution in [2.45, 2.75) is 25.8 Å². The Bertz CT molecular complexity index is 700. The minimum Gasteiger partial charge on any atom is -0.469 e. The maximum absolute atomic E-state index is 12.4. The van der Waals surface area contributed by atoms with Crippen LogP contribution in [0.4, 0.5) is 0 Å². The third-order valence-corrected chi connectivity index (χ3v) is 3.79. The summed E-state index contributed by atoms with van der Waals surface area (Å²) in [7, 11) is 1.32. The van der Waals surface area contributed by atoms with Gasteiger partial charge in [-0.3, -0.25) is 9.79 Å². The number of nitrogens with zero attached hydrogens (tertiary/aromatic N) is 1. The molecule has 1 atom stereocenters. The maximum atomic E-state index is 12.4. The molecule has 0 amide bonds. The number of hydrogen-bond acceptors (Lipinski definition) is 5. The summed E-state index contributed by atoms with van der Waals surface area (Å²) in [6, 6.07) is 18.5. The minimum absolute atomic E-state index is 0.0976. The number of esters is 2. The molecule has 0 aliphatic heterocycles. The van der Waals surface area contributed by atoms with Gasteiger partial charge >= 0.3 is 11.9 Å². The first-order valence-corrected chi connectivity index (χ1v) is 8.57. The number of carbonyl (C=O) groups is 2. The number of carbonyl (C=O) groups excluding carboxylic acids is 2. The highest BCUT2D eigenvalue weighted by atomic mass is 16.5. The van der Waals surface area contributed by atoms with E-state index in [-0.39, 0.29) is 25.4 Å². The summed E-state index contributed by atoms with van der Waals surface area (Å²) in [5.74, 6) is -0.823. The molecule has 0 aromatic heterocycles. The second-order valence-electron chi connectivity index (χ2n) is 5.59. The van der Waals surface area contributed by atoms with Crippen LogP contribution >= 0.6 is 0 Å². The van der Waals surface area contributed by atoms with Gasteiger partial charge in [-0.05, 0) is 13.3 Å². The highest BCUT2D eigenvalue weighted by Gasteiger charge is 2.22. The van der Waals surface area contributed by atoms with Gasteiger partial charge in [-0.15, -0.1) is 0 Å². The Morgan fingerprint density at radius 2 is 1.50 bits per heavy atom. The van der Waals surface area contributed by atoms with E-state index in [1.807, 2.05) is 60.7 Å². The molecule has 2 aromatic carbocycles. The molecule has 0 aliphatic carbocycles. The summed E-state index contributed by atoms with van der Waals surface area (Å²) in [5.41, 5.74) is 2.48. The molecule has 0 heterocycles. The second kappa shape index (κ2) is 10.1. The Balaban J connectivity index is 2.41. The second-order valence-corrected chi connectivity index (χ2v) is 5.59. The zero-order chi connectivity index (χ0) is 18.8. The quantitative estimate of drug-likeness (QED) is 0.539. The van der Waals surface area contributed by atoms with Crippen LogP contribution in [-0.4, -0.2) is 37.4 Å². The smallest absolute Gasteiger partial charge is 0.330 e. The van der Waals surface area contributed by atoms with Crippen molar-refractivity contribution in [2.75, 3.05) is 13.7 Å². The van der Waals surface area contributed by atoms with Gasteiger partial charge in [0.05, 0.1) is 19.4 Å². The van der Waals surface area contributed by atoms with Crippen molar-refractivity contribution >= 4 is 17.7 Å². The first-order chi connectivity index (χ1) is 12.7. The largest absolute Gasteiger partial charge is 0.469 e. The zero-order valence-electron chi connectivity index (χ0n) is 15.1. The van der Waals surface area contributed by atoms with Crippen LogP contribution in [-0.2, 0) is 19.1 Å². The van der Waals surface area contributed by atoms with E-state index in [4.69, 9.17) is 4.74 Å². The van der Waals surface area contributed by atoms with Gasteiger partial charge in [-0.2, -0.15) is 0 Å². The van der Waals surface area contributed by atoms with Gasteiger partial charge in [0, 0.05) is 17.5 Å². The predicted molar refractivity (Wildman–Crippen MR) is 100 cm³/mol. The van der Waals surface area contributed by atoms with E-state index in [9.17, 15) is 9.59 Å². The van der Waals surface area contributed by atoms with Crippen LogP contribution in [0.3, 0.4) is 0 Å². The van der Waals surface area contributed by atoms with Gasteiger partial charge < -0.3 is 9.47 Å². The van der Waals surface area contributed by atoms with Gasteiger partial charge in [0.25, 0.3) is 0 Å². The van der Waals surface area contributed by atoms with E-state index in [0.717, 1.165) is 11.1 Å². The summed E-state index contributed by atoms with van der Waals surface area (Å²) in [4.78, 5) is 28.5. The summed E-state index contributed by atoms with van der Waals surface area (Å²) in [6.45, 7) is 2.00. The van der Waals surface area contributed by atoms with E-state index in [2.05, 4.69) is 9.73 Å². The Hall–Kier alpha value is -2.95. The van der Waals surface area contributed by atoms with Crippen LogP contribution in [0.5, 0.6) is 0 Å². The van der Waals surface area contributed by atoms with Crippen LogP contribution in [0.2, 0.25) is 0 Å². The number of methoxy groups -OCH3 is 1. The Kier molecular flexibility index (Phi) is 7.55. The average molecular weight is 353 g/mol. The number of rotatable bonds is 8. The molecule has 0 fully saturated rings. The van der Waals surface area contributed by atoms with E-state index in [0.29, 0.717) is 5.71 Å². The standard InChI is InChI=1S/C21H23NO4/c1-3-26-21(24)18(14-15-19(23)25-2)22-20(16-10-6-4-7-11-16)17-12-8-5-9-13-17/h4-13,18H,3,14-15H2,1-2H3/t18-/m1/s1. The Morgan fingerprint density at radius 3 is 1.96 bits per heavy atom. The predicted octanol–water partition coefficient (Wildman–Crippen LogP) is 3.41. The van der Waals surface area contributed by atoms with Crippen molar-refractivity contribution < 1.29 is 19.1 Å². The van der Waals surface area contributed by atoms with Crippen LogP contribution in [0.1, 0.15) is 30.9 Å². The average Bonchev–Trinajstić information content (AvgIpc) is 2.69. The van der Waals surface area contributed by atoms with Crippen molar-refractivity contribution in [3.05, 3.63) is 71.8 Å². The Morgan fingerprint density at radius 1 is 0.962 bits per heavy atom. The van der Waals surface area contributed by atoms with Crippen molar-refractivity contribution in [3.63, 3.8) is 0 Å². The van der Waals surface area contributed by atoms with Crippen molar-refractivity contribution in [2.24, 2.45) is 4.99 Å². The molecule has 5 heteroatoms. The fraction of sp³-hybridized carbons (Fsp3) is 0.286. The molecule has 2 rings (SSSR count). The molecule has 0 N–H and O–H groups in total. The molecule has 0 spiro atoms. The lowest BCUT2D eigenvalue weighted by Gasteiger charge is -2.15. The molecule has 0 saturated carbocycles. The molecule has 136 valence electrons. The monoisotopic (exact) mass is 353 g/mol. The first kappa shape index (κ1) is 19.4. The molecular formula is C21H23NO4.